The molecule has 1 N–H and O–H groups in total. The molecule has 7 heteroatoms. The minimum atomic E-state index is -0.562. The van der Waals surface area contributed by atoms with Gasteiger partial charge in [0.2, 0.25) is 5.89 Å². The Labute approximate surface area is 146 Å². The van der Waals surface area contributed by atoms with Crippen molar-refractivity contribution in [3.05, 3.63) is 47.2 Å². The lowest BCUT2D eigenvalue weighted by molar-refractivity contribution is 0.0594. The van der Waals surface area contributed by atoms with Crippen LogP contribution in [0.5, 0.6) is 0 Å². The van der Waals surface area contributed by atoms with Gasteiger partial charge in [-0.05, 0) is 38.3 Å². The standard InChI is InChI=1S/C18H21N3O4/c1-11-4-7-14(12(2)8-11)20-18(23)21(13-5-6-13)9-16-19-15(10-25-16)17(22)24-3/h4,7-8,10,13H,5-6,9H2,1-3H3,(H,20,23). The quantitative estimate of drug-likeness (QED) is 0.842. The molecular weight excluding hydrogens is 322 g/mol. The number of methoxy groups -OCH3 is 1. The zero-order chi connectivity index (χ0) is 18.0. The molecule has 132 valence electrons. The van der Waals surface area contributed by atoms with Crippen LogP contribution < -0.4 is 5.32 Å². The summed E-state index contributed by atoms with van der Waals surface area (Å²) < 4.78 is 9.91. The smallest absolute Gasteiger partial charge is 0.360 e. The van der Waals surface area contributed by atoms with Crippen LogP contribution in [0.25, 0.3) is 0 Å². The lowest BCUT2D eigenvalue weighted by atomic mass is 10.1. The molecule has 2 aromatic rings. The molecule has 0 spiro atoms. The second-order valence-electron chi connectivity index (χ2n) is 6.23. The third-order valence-electron chi connectivity index (χ3n) is 4.12. The third kappa shape index (κ3) is 3.99. The number of rotatable bonds is 5. The summed E-state index contributed by atoms with van der Waals surface area (Å²) in [5.74, 6) is -0.254. The van der Waals surface area contributed by atoms with Crippen molar-refractivity contribution in [2.24, 2.45) is 0 Å². The van der Waals surface area contributed by atoms with E-state index in [-0.39, 0.29) is 24.3 Å². The van der Waals surface area contributed by atoms with Gasteiger partial charge < -0.3 is 19.4 Å². The van der Waals surface area contributed by atoms with E-state index in [1.807, 2.05) is 32.0 Å². The van der Waals surface area contributed by atoms with Gasteiger partial charge in [0, 0.05) is 11.7 Å². The number of hydrogen-bond donors (Lipinski definition) is 1. The Morgan fingerprint density at radius 1 is 1.36 bits per heavy atom. The van der Waals surface area contributed by atoms with Gasteiger partial charge in [-0.15, -0.1) is 0 Å². The fourth-order valence-corrected chi connectivity index (χ4v) is 2.62. The van der Waals surface area contributed by atoms with E-state index < -0.39 is 5.97 Å². The second-order valence-corrected chi connectivity index (χ2v) is 6.23. The fourth-order valence-electron chi connectivity index (χ4n) is 2.62. The van der Waals surface area contributed by atoms with Gasteiger partial charge in [0.1, 0.15) is 6.26 Å². The predicted octanol–water partition coefficient (Wildman–Crippen LogP) is 3.27. The number of ether oxygens (including phenoxy) is 1. The molecule has 25 heavy (non-hydrogen) atoms. The monoisotopic (exact) mass is 343 g/mol. The van der Waals surface area contributed by atoms with Crippen LogP contribution in [-0.2, 0) is 11.3 Å². The molecule has 7 nitrogen and oxygen atoms in total. The molecule has 0 unspecified atom stereocenters. The summed E-state index contributed by atoms with van der Waals surface area (Å²) in [6, 6.07) is 5.84. The van der Waals surface area contributed by atoms with Gasteiger partial charge >= 0.3 is 12.0 Å². The van der Waals surface area contributed by atoms with Crippen molar-refractivity contribution >= 4 is 17.7 Å². The van der Waals surface area contributed by atoms with E-state index >= 15 is 0 Å². The first kappa shape index (κ1) is 17.0. The Bertz CT molecular complexity index is 795. The summed E-state index contributed by atoms with van der Waals surface area (Å²) in [6.07, 6.45) is 3.14. The summed E-state index contributed by atoms with van der Waals surface area (Å²) >= 11 is 0. The lowest BCUT2D eigenvalue weighted by Crippen LogP contribution is -2.36. The zero-order valence-electron chi connectivity index (χ0n) is 14.5. The number of urea groups is 1. The molecule has 1 aliphatic carbocycles. The SMILES string of the molecule is COC(=O)c1coc(CN(C(=O)Nc2ccc(C)cc2C)C2CC2)n1. The minimum absolute atomic E-state index is 0.100. The first-order valence-corrected chi connectivity index (χ1v) is 8.15. The molecule has 0 bridgehead atoms. The number of carbonyl (C=O) groups excluding carboxylic acids is 2. The van der Waals surface area contributed by atoms with Crippen LogP contribution in [0.15, 0.2) is 28.9 Å². The molecule has 1 heterocycles. The summed E-state index contributed by atoms with van der Waals surface area (Å²) in [4.78, 5) is 29.9. The number of oxazole rings is 1. The number of hydrogen-bond acceptors (Lipinski definition) is 5. The van der Waals surface area contributed by atoms with Gasteiger partial charge in [-0.3, -0.25) is 0 Å². The fraction of sp³-hybridized carbons (Fsp3) is 0.389. The Hall–Kier alpha value is -2.83. The van der Waals surface area contributed by atoms with Gasteiger partial charge in [0.05, 0.1) is 13.7 Å². The number of amides is 2. The van der Waals surface area contributed by atoms with Gasteiger partial charge in [0.15, 0.2) is 5.69 Å². The molecule has 0 saturated heterocycles. The molecule has 1 saturated carbocycles. The summed E-state index contributed by atoms with van der Waals surface area (Å²) in [5.41, 5.74) is 3.03. The van der Waals surface area contributed by atoms with Crippen molar-refractivity contribution in [1.82, 2.24) is 9.88 Å². The van der Waals surface area contributed by atoms with E-state index in [1.165, 1.54) is 13.4 Å². The lowest BCUT2D eigenvalue weighted by Gasteiger charge is -2.22. The molecule has 0 radical (unpaired) electrons. The average Bonchev–Trinajstić information content (AvgIpc) is 3.32. The van der Waals surface area contributed by atoms with Crippen LogP contribution in [0.4, 0.5) is 10.5 Å². The van der Waals surface area contributed by atoms with Crippen molar-refractivity contribution in [2.45, 2.75) is 39.3 Å². The first-order valence-electron chi connectivity index (χ1n) is 8.15. The predicted molar refractivity (Wildman–Crippen MR) is 91.3 cm³/mol. The number of nitrogens with zero attached hydrogens (tertiary/aromatic N) is 2. The van der Waals surface area contributed by atoms with Crippen LogP contribution in [0.3, 0.4) is 0 Å². The molecule has 1 aromatic carbocycles. The van der Waals surface area contributed by atoms with Crippen LogP contribution in [0.1, 0.15) is 40.3 Å². The molecule has 0 aliphatic heterocycles. The van der Waals surface area contributed by atoms with E-state index in [9.17, 15) is 9.59 Å². The second kappa shape index (κ2) is 6.96. The highest BCUT2D eigenvalue weighted by molar-refractivity contribution is 5.90. The van der Waals surface area contributed by atoms with E-state index in [1.54, 1.807) is 4.90 Å². The Morgan fingerprint density at radius 3 is 2.76 bits per heavy atom. The van der Waals surface area contributed by atoms with Gasteiger partial charge in [0.25, 0.3) is 0 Å². The van der Waals surface area contributed by atoms with Crippen LogP contribution >= 0.6 is 0 Å². The zero-order valence-corrected chi connectivity index (χ0v) is 14.5. The number of nitrogens with one attached hydrogen (secondary N) is 1. The van der Waals surface area contributed by atoms with E-state index in [0.717, 1.165) is 29.7 Å². The van der Waals surface area contributed by atoms with Gasteiger partial charge in [-0.25, -0.2) is 14.6 Å². The van der Waals surface area contributed by atoms with E-state index in [2.05, 4.69) is 15.0 Å². The van der Waals surface area contributed by atoms with E-state index in [4.69, 9.17) is 4.42 Å². The number of benzene rings is 1. The number of esters is 1. The van der Waals surface area contributed by atoms with Crippen molar-refractivity contribution < 1.29 is 18.7 Å². The molecule has 1 aliphatic rings. The maximum atomic E-state index is 12.7. The molecule has 1 fully saturated rings. The van der Waals surface area contributed by atoms with Crippen LogP contribution in [0.2, 0.25) is 0 Å². The van der Waals surface area contributed by atoms with Gasteiger partial charge in [-0.2, -0.15) is 0 Å². The van der Waals surface area contributed by atoms with Crippen LogP contribution in [0, 0.1) is 13.8 Å². The normalized spacial score (nSPS) is 13.4. The molecule has 3 rings (SSSR count). The summed E-state index contributed by atoms with van der Waals surface area (Å²) in [6.45, 7) is 4.18. The highest BCUT2D eigenvalue weighted by atomic mass is 16.5. The van der Waals surface area contributed by atoms with Gasteiger partial charge in [-0.1, -0.05) is 17.7 Å². The first-order chi connectivity index (χ1) is 12.0. The highest BCUT2D eigenvalue weighted by Gasteiger charge is 2.34. The third-order valence-corrected chi connectivity index (χ3v) is 4.12. The van der Waals surface area contributed by atoms with Crippen molar-refractivity contribution in [2.75, 3.05) is 12.4 Å². The maximum absolute atomic E-state index is 12.7. The van der Waals surface area contributed by atoms with E-state index in [0.29, 0.717) is 5.89 Å². The van der Waals surface area contributed by atoms with Crippen LogP contribution in [-0.4, -0.2) is 35.0 Å². The number of aryl methyl sites for hydroxylation is 2. The summed E-state index contributed by atoms with van der Waals surface area (Å²) in [7, 11) is 1.28. The molecule has 2 amide bonds. The van der Waals surface area contributed by atoms with Crippen molar-refractivity contribution in [3.8, 4) is 0 Å². The van der Waals surface area contributed by atoms with Crippen molar-refractivity contribution in [1.29, 1.82) is 0 Å². The van der Waals surface area contributed by atoms with Crippen molar-refractivity contribution in [3.63, 3.8) is 0 Å². The number of carbonyl (C=O) groups is 2. The molecule has 0 atom stereocenters. The topological polar surface area (TPSA) is 84.7 Å². The number of anilines is 1. The summed E-state index contributed by atoms with van der Waals surface area (Å²) in [5, 5.41) is 2.95. The molecule has 1 aromatic heterocycles. The largest absolute Gasteiger partial charge is 0.464 e. The Balaban J connectivity index is 1.71. The maximum Gasteiger partial charge on any atom is 0.360 e. The Morgan fingerprint density at radius 2 is 2.12 bits per heavy atom. The molecular formula is C18H21N3O4. The Kier molecular flexibility index (Phi) is 4.74. The minimum Gasteiger partial charge on any atom is -0.464 e. The number of aromatic nitrogens is 1. The highest BCUT2D eigenvalue weighted by Crippen LogP contribution is 2.29. The average molecular weight is 343 g/mol.